The number of pyridine rings is 1. The molecule has 0 unspecified atom stereocenters. The van der Waals surface area contributed by atoms with Gasteiger partial charge in [-0.05, 0) is 19.1 Å². The van der Waals surface area contributed by atoms with Crippen LogP contribution in [-0.4, -0.2) is 29.9 Å². The predicted molar refractivity (Wildman–Crippen MR) is 92.3 cm³/mol. The lowest BCUT2D eigenvalue weighted by molar-refractivity contribution is 0.0994. The van der Waals surface area contributed by atoms with Gasteiger partial charge in [0.15, 0.2) is 5.78 Å². The molecule has 7 heteroatoms. The molecule has 0 spiro atoms. The summed E-state index contributed by atoms with van der Waals surface area (Å²) in [6.45, 7) is 1.93. The van der Waals surface area contributed by atoms with Gasteiger partial charge in [0.2, 0.25) is 0 Å². The maximum atomic E-state index is 12.8. The SMILES string of the molecule is Cc1csc(CC(=O)c2cc(-c3ccnn3C)cn3ccnc23)n1. The molecule has 0 aliphatic rings. The molecule has 120 valence electrons. The fourth-order valence-corrected chi connectivity index (χ4v) is 3.52. The van der Waals surface area contributed by atoms with E-state index in [0.29, 0.717) is 11.2 Å². The van der Waals surface area contributed by atoms with Gasteiger partial charge in [-0.2, -0.15) is 5.10 Å². The van der Waals surface area contributed by atoms with Crippen LogP contribution in [0.2, 0.25) is 0 Å². The second kappa shape index (κ2) is 5.68. The summed E-state index contributed by atoms with van der Waals surface area (Å²) in [5.41, 5.74) is 4.09. The van der Waals surface area contributed by atoms with Crippen molar-refractivity contribution in [2.24, 2.45) is 7.05 Å². The van der Waals surface area contributed by atoms with E-state index in [9.17, 15) is 4.79 Å². The van der Waals surface area contributed by atoms with E-state index in [-0.39, 0.29) is 12.2 Å². The number of thiazole rings is 1. The Morgan fingerprint density at radius 1 is 1.33 bits per heavy atom. The highest BCUT2D eigenvalue weighted by molar-refractivity contribution is 7.09. The smallest absolute Gasteiger partial charge is 0.173 e. The van der Waals surface area contributed by atoms with Crippen LogP contribution in [0.25, 0.3) is 16.9 Å². The molecular weight excluding hydrogens is 322 g/mol. The summed E-state index contributed by atoms with van der Waals surface area (Å²) < 4.78 is 3.67. The first-order valence-corrected chi connectivity index (χ1v) is 8.39. The number of rotatable bonds is 4. The van der Waals surface area contributed by atoms with Gasteiger partial charge >= 0.3 is 0 Å². The van der Waals surface area contributed by atoms with Crippen molar-refractivity contribution in [3.8, 4) is 11.3 Å². The molecule has 0 aliphatic carbocycles. The summed E-state index contributed by atoms with van der Waals surface area (Å²) in [5, 5.41) is 6.99. The molecule has 4 heterocycles. The first-order valence-electron chi connectivity index (χ1n) is 7.51. The zero-order valence-electron chi connectivity index (χ0n) is 13.3. The Labute approximate surface area is 142 Å². The number of imidazole rings is 1. The van der Waals surface area contributed by atoms with Crippen molar-refractivity contribution in [2.45, 2.75) is 13.3 Å². The third kappa shape index (κ3) is 2.52. The molecular formula is C17H15N5OS. The number of aryl methyl sites for hydroxylation is 2. The number of aromatic nitrogens is 5. The van der Waals surface area contributed by atoms with Gasteiger partial charge in [0.25, 0.3) is 0 Å². The first-order chi connectivity index (χ1) is 11.6. The van der Waals surface area contributed by atoms with Crippen LogP contribution in [0.4, 0.5) is 0 Å². The number of ketones is 1. The van der Waals surface area contributed by atoms with Crippen LogP contribution in [-0.2, 0) is 13.5 Å². The Morgan fingerprint density at radius 2 is 2.21 bits per heavy atom. The molecule has 6 nitrogen and oxygen atoms in total. The summed E-state index contributed by atoms with van der Waals surface area (Å²) >= 11 is 1.51. The largest absolute Gasteiger partial charge is 0.306 e. The van der Waals surface area contributed by atoms with Gasteiger partial charge in [-0.1, -0.05) is 0 Å². The zero-order valence-corrected chi connectivity index (χ0v) is 14.1. The molecule has 0 bridgehead atoms. The van der Waals surface area contributed by atoms with Crippen molar-refractivity contribution in [1.82, 2.24) is 24.1 Å². The standard InChI is InChI=1S/C17H15N5OS/c1-11-10-24-16(20-11)8-15(23)13-7-12(14-3-4-19-21(14)2)9-22-6-5-18-17(13)22/h3-7,9-10H,8H2,1-2H3. The minimum absolute atomic E-state index is 0.0181. The Kier molecular flexibility index (Phi) is 3.50. The monoisotopic (exact) mass is 337 g/mol. The zero-order chi connectivity index (χ0) is 16.7. The van der Waals surface area contributed by atoms with E-state index in [0.717, 1.165) is 22.0 Å². The lowest BCUT2D eigenvalue weighted by Crippen LogP contribution is -2.07. The molecule has 24 heavy (non-hydrogen) atoms. The van der Waals surface area contributed by atoms with Crippen LogP contribution in [0.1, 0.15) is 21.1 Å². The third-order valence-electron chi connectivity index (χ3n) is 3.88. The Bertz CT molecular complexity index is 1040. The van der Waals surface area contributed by atoms with E-state index in [2.05, 4.69) is 15.1 Å². The third-order valence-corrected chi connectivity index (χ3v) is 4.85. The number of nitrogens with zero attached hydrogens (tertiary/aromatic N) is 5. The van der Waals surface area contributed by atoms with Gasteiger partial charge in [-0.15, -0.1) is 11.3 Å². The molecule has 0 N–H and O–H groups in total. The van der Waals surface area contributed by atoms with Gasteiger partial charge in [0, 0.05) is 48.5 Å². The fraction of sp³-hybridized carbons (Fsp3) is 0.176. The van der Waals surface area contributed by atoms with Crippen LogP contribution >= 0.6 is 11.3 Å². The molecule has 0 aliphatic heterocycles. The quantitative estimate of drug-likeness (QED) is 0.537. The second-order valence-electron chi connectivity index (χ2n) is 5.62. The van der Waals surface area contributed by atoms with E-state index in [1.54, 1.807) is 17.1 Å². The first kappa shape index (κ1) is 14.8. The van der Waals surface area contributed by atoms with Crippen LogP contribution in [0.15, 0.2) is 42.3 Å². The highest BCUT2D eigenvalue weighted by atomic mass is 32.1. The number of carbonyl (C=O) groups is 1. The molecule has 4 aromatic rings. The summed E-state index contributed by atoms with van der Waals surface area (Å²) in [6.07, 6.45) is 7.54. The number of hydrogen-bond donors (Lipinski definition) is 0. The number of Topliss-reactive ketones (excluding diaryl/α,β-unsaturated/α-hetero) is 1. The summed E-state index contributed by atoms with van der Waals surface area (Å²) in [7, 11) is 1.88. The van der Waals surface area contributed by atoms with Gasteiger partial charge < -0.3 is 4.40 Å². The fourth-order valence-electron chi connectivity index (χ4n) is 2.75. The average Bonchev–Trinajstić information content (AvgIpc) is 3.27. The molecule has 0 atom stereocenters. The maximum Gasteiger partial charge on any atom is 0.173 e. The summed E-state index contributed by atoms with van der Waals surface area (Å²) in [5.74, 6) is 0.0181. The second-order valence-corrected chi connectivity index (χ2v) is 6.57. The molecule has 4 rings (SSSR count). The van der Waals surface area contributed by atoms with Crippen LogP contribution in [0.5, 0.6) is 0 Å². The van der Waals surface area contributed by atoms with E-state index in [4.69, 9.17) is 0 Å². The topological polar surface area (TPSA) is 65.1 Å². The van der Waals surface area contributed by atoms with Crippen molar-refractivity contribution in [1.29, 1.82) is 0 Å². The molecule has 0 aromatic carbocycles. The van der Waals surface area contributed by atoms with Gasteiger partial charge in [0.1, 0.15) is 10.7 Å². The lowest BCUT2D eigenvalue weighted by atomic mass is 10.1. The van der Waals surface area contributed by atoms with Crippen molar-refractivity contribution in [3.63, 3.8) is 0 Å². The number of fused-ring (bicyclic) bond motifs is 1. The summed E-state index contributed by atoms with van der Waals surface area (Å²) in [6, 6.07) is 3.82. The Balaban J connectivity index is 1.80. The van der Waals surface area contributed by atoms with Gasteiger partial charge in [-0.25, -0.2) is 9.97 Å². The predicted octanol–water partition coefficient (Wildman–Crippen LogP) is 2.93. The highest BCUT2D eigenvalue weighted by Gasteiger charge is 2.17. The lowest BCUT2D eigenvalue weighted by Gasteiger charge is -2.08. The Morgan fingerprint density at radius 3 is 2.92 bits per heavy atom. The molecule has 0 fully saturated rings. The van der Waals surface area contributed by atoms with Gasteiger partial charge in [-0.3, -0.25) is 9.48 Å². The molecule has 0 amide bonds. The minimum atomic E-state index is 0.0181. The van der Waals surface area contributed by atoms with Crippen molar-refractivity contribution < 1.29 is 4.79 Å². The molecule has 4 aromatic heterocycles. The summed E-state index contributed by atoms with van der Waals surface area (Å²) in [4.78, 5) is 21.6. The number of hydrogen-bond acceptors (Lipinski definition) is 5. The van der Waals surface area contributed by atoms with Crippen molar-refractivity contribution >= 4 is 22.8 Å². The van der Waals surface area contributed by atoms with E-state index < -0.39 is 0 Å². The minimum Gasteiger partial charge on any atom is -0.306 e. The molecule has 0 saturated carbocycles. The maximum absolute atomic E-state index is 12.8. The van der Waals surface area contributed by atoms with Crippen molar-refractivity contribution in [3.05, 3.63) is 58.6 Å². The van der Waals surface area contributed by atoms with E-state index in [1.807, 2.05) is 48.3 Å². The molecule has 0 radical (unpaired) electrons. The van der Waals surface area contributed by atoms with E-state index in [1.165, 1.54) is 11.3 Å². The average molecular weight is 337 g/mol. The number of carbonyl (C=O) groups excluding carboxylic acids is 1. The van der Waals surface area contributed by atoms with Gasteiger partial charge in [0.05, 0.1) is 17.7 Å². The molecule has 0 saturated heterocycles. The Hall–Kier alpha value is -2.80. The van der Waals surface area contributed by atoms with Crippen molar-refractivity contribution in [2.75, 3.05) is 0 Å². The normalized spacial score (nSPS) is 11.2. The highest BCUT2D eigenvalue weighted by Crippen LogP contribution is 2.23. The van der Waals surface area contributed by atoms with Crippen LogP contribution in [0, 0.1) is 6.92 Å². The van der Waals surface area contributed by atoms with E-state index >= 15 is 0 Å². The van der Waals surface area contributed by atoms with Crippen LogP contribution in [0.3, 0.4) is 0 Å². The van der Waals surface area contributed by atoms with Crippen LogP contribution < -0.4 is 0 Å².